The Balaban J connectivity index is 2.23. The van der Waals surface area contributed by atoms with E-state index in [1.165, 1.54) is 38.3 Å². The molecule has 2 nitrogen and oxygen atoms in total. The van der Waals surface area contributed by atoms with E-state index in [2.05, 4.69) is 56.4 Å². The minimum Gasteiger partial charge on any atom is -0.500 e. The second kappa shape index (κ2) is 7.61. The summed E-state index contributed by atoms with van der Waals surface area (Å²) in [6.07, 6.45) is 13.8. The molecule has 0 saturated heterocycles. The lowest BCUT2D eigenvalue weighted by atomic mass is 9.85. The van der Waals surface area contributed by atoms with E-state index in [1.54, 1.807) is 0 Å². The van der Waals surface area contributed by atoms with E-state index in [-0.39, 0.29) is 0 Å². The van der Waals surface area contributed by atoms with Gasteiger partial charge in [0, 0.05) is 0 Å². The lowest BCUT2D eigenvalue weighted by molar-refractivity contribution is -0.528. The van der Waals surface area contributed by atoms with Crippen molar-refractivity contribution in [2.75, 3.05) is 0 Å². The fourth-order valence-corrected chi connectivity index (χ4v) is 1.49. The molecule has 0 saturated carbocycles. The summed E-state index contributed by atoms with van der Waals surface area (Å²) in [6, 6.07) is 0. The average molecular weight is 203 g/mol. The Labute approximate surface area is 95.2 Å². The number of hydrogen-bond acceptors (Lipinski definition) is 0. The van der Waals surface area contributed by atoms with Gasteiger partial charge in [0.25, 0.3) is 0 Å². The number of rotatable bonds is 8. The molecular weight excluding hydrogens is 182 g/mol. The summed E-state index contributed by atoms with van der Waals surface area (Å²) >= 11 is 0. The Kier molecular flexibility index (Phi) is 6.29. The van der Waals surface area contributed by atoms with E-state index >= 15 is 0 Å². The molecule has 15 heavy (non-hydrogen) atoms. The van der Waals surface area contributed by atoms with Crippen LogP contribution in [0.1, 0.15) is 39.5 Å². The van der Waals surface area contributed by atoms with Crippen molar-refractivity contribution in [1.82, 2.24) is 4.48 Å². The second-order valence-electron chi connectivity index (χ2n) is 3.96. The van der Waals surface area contributed by atoms with Gasteiger partial charge in [-0.1, -0.05) is 54.4 Å². The molecule has 0 bridgehead atoms. The molecule has 4 radical (unpaired) electrons. The van der Waals surface area contributed by atoms with Crippen LogP contribution in [0.3, 0.4) is 0 Å². The third-order valence-corrected chi connectivity index (χ3v) is 2.47. The molecule has 0 aliphatic heterocycles. The van der Waals surface area contributed by atoms with Crippen molar-refractivity contribution < 1.29 is 4.48 Å². The fraction of sp³-hybridized carbons (Fsp3) is 0.727. The van der Waals surface area contributed by atoms with Gasteiger partial charge in [0.2, 0.25) is 0 Å². The van der Waals surface area contributed by atoms with Gasteiger partial charge in [-0.15, -0.1) is 0 Å². The van der Waals surface area contributed by atoms with Crippen LogP contribution in [-0.2, 0) is 0 Å². The van der Waals surface area contributed by atoms with Gasteiger partial charge in [0.05, 0.1) is 12.4 Å². The van der Waals surface area contributed by atoms with Crippen LogP contribution in [0.4, 0.5) is 0 Å². The first-order valence-corrected chi connectivity index (χ1v) is 6.11. The molecule has 1 heterocycles. The van der Waals surface area contributed by atoms with Gasteiger partial charge >= 0.3 is 0 Å². The molecular formula is C11H21B2N2-. The monoisotopic (exact) mass is 203 g/mol. The minimum absolute atomic E-state index is 1.17. The standard InChI is InChI=1S/C11H21B2N2/c1-3-5-7-12-14-9-10-15(11-14)13-8-6-4-2/h9-11H,3-8H2,1-2H3/q-1. The largest absolute Gasteiger partial charge is 0.500 e. The van der Waals surface area contributed by atoms with Crippen molar-refractivity contribution in [2.24, 2.45) is 0 Å². The van der Waals surface area contributed by atoms with E-state index in [4.69, 9.17) is 0 Å². The van der Waals surface area contributed by atoms with Crippen molar-refractivity contribution >= 4 is 14.8 Å². The molecule has 1 rings (SSSR count). The molecule has 0 aliphatic carbocycles. The summed E-state index contributed by atoms with van der Waals surface area (Å²) in [5.41, 5.74) is 0. The first kappa shape index (κ1) is 12.4. The highest BCUT2D eigenvalue weighted by atomic mass is 15.0. The molecule has 1 aromatic heterocycles. The zero-order valence-electron chi connectivity index (χ0n) is 10.0. The molecule has 1 aromatic rings. The zero-order valence-corrected chi connectivity index (χ0v) is 10.0. The number of nitrogens with zero attached hydrogens (tertiary/aromatic N) is 2. The van der Waals surface area contributed by atoms with Crippen molar-refractivity contribution in [3.63, 3.8) is 0 Å². The van der Waals surface area contributed by atoms with E-state index in [1.807, 2.05) is 0 Å². The average Bonchev–Trinajstić information content (AvgIpc) is 2.67. The Morgan fingerprint density at radius 3 is 2.60 bits per heavy atom. The molecule has 82 valence electrons. The van der Waals surface area contributed by atoms with Gasteiger partial charge in [0.15, 0.2) is 0 Å². The summed E-state index contributed by atoms with van der Waals surface area (Å²) in [4.78, 5) is 0. The van der Waals surface area contributed by atoms with Gasteiger partial charge < -0.3 is 8.96 Å². The molecule has 0 aliphatic rings. The predicted octanol–water partition coefficient (Wildman–Crippen LogP) is 2.15. The quantitative estimate of drug-likeness (QED) is 0.452. The highest BCUT2D eigenvalue weighted by Crippen LogP contribution is 1.95. The number of hydrogen-bond donors (Lipinski definition) is 0. The lowest BCUT2D eigenvalue weighted by Crippen LogP contribution is -2.37. The third-order valence-electron chi connectivity index (χ3n) is 2.47. The molecule has 0 unspecified atom stereocenters. The summed E-state index contributed by atoms with van der Waals surface area (Å²) in [6.45, 7) is 4.45. The summed E-state index contributed by atoms with van der Waals surface area (Å²) < 4.78 is 4.30. The number of imidazole rings is 1. The first-order valence-electron chi connectivity index (χ1n) is 6.11. The Bertz CT molecular complexity index is 236. The van der Waals surface area contributed by atoms with Crippen LogP contribution in [0.15, 0.2) is 18.7 Å². The normalized spacial score (nSPS) is 10.8. The van der Waals surface area contributed by atoms with Gasteiger partial charge in [-0.3, -0.25) is 0 Å². The molecule has 4 heteroatoms. The van der Waals surface area contributed by atoms with Crippen LogP contribution in [-0.4, -0.2) is 19.3 Å². The van der Waals surface area contributed by atoms with Crippen LogP contribution in [0.25, 0.3) is 0 Å². The van der Waals surface area contributed by atoms with Gasteiger partial charge in [-0.2, -0.15) is 12.6 Å². The third kappa shape index (κ3) is 5.10. The van der Waals surface area contributed by atoms with Crippen LogP contribution in [0.5, 0.6) is 0 Å². The predicted molar refractivity (Wildman–Crippen MR) is 66.4 cm³/mol. The Morgan fingerprint density at radius 1 is 1.13 bits per heavy atom. The maximum absolute atomic E-state index is 2.24. The van der Waals surface area contributed by atoms with Crippen LogP contribution >= 0.6 is 0 Å². The highest BCUT2D eigenvalue weighted by molar-refractivity contribution is 6.33. The van der Waals surface area contributed by atoms with E-state index in [0.717, 1.165) is 0 Å². The van der Waals surface area contributed by atoms with Crippen LogP contribution in [0.2, 0.25) is 12.6 Å². The molecule has 0 N–H and O–H groups in total. The zero-order chi connectivity index (χ0) is 10.9. The fourth-order valence-electron chi connectivity index (χ4n) is 1.49. The highest BCUT2D eigenvalue weighted by Gasteiger charge is 1.87. The number of unbranched alkanes of at least 4 members (excludes halogenated alkanes) is 2. The van der Waals surface area contributed by atoms with Crippen molar-refractivity contribution in [1.29, 1.82) is 0 Å². The summed E-state index contributed by atoms with van der Waals surface area (Å²) in [5.74, 6) is 0. The SMILES string of the molecule is CCCC[B-]n1cc[n+]([B-]CCCC)c1. The molecule has 0 aromatic carbocycles. The lowest BCUT2D eigenvalue weighted by Gasteiger charge is -2.12. The van der Waals surface area contributed by atoms with Crippen LogP contribution < -0.4 is 4.48 Å². The van der Waals surface area contributed by atoms with Crippen molar-refractivity contribution in [2.45, 2.75) is 52.2 Å². The Hall–Kier alpha value is -0.660. The van der Waals surface area contributed by atoms with Gasteiger partial charge in [0.1, 0.15) is 6.33 Å². The maximum atomic E-state index is 2.24. The molecule has 0 amide bonds. The molecule has 0 spiro atoms. The van der Waals surface area contributed by atoms with Crippen molar-refractivity contribution in [3.05, 3.63) is 18.7 Å². The van der Waals surface area contributed by atoms with Gasteiger partial charge in [-0.25, -0.2) is 0 Å². The van der Waals surface area contributed by atoms with E-state index in [9.17, 15) is 0 Å². The summed E-state index contributed by atoms with van der Waals surface area (Å²) in [5, 5.41) is 0. The molecule has 0 fully saturated rings. The first-order chi connectivity index (χ1) is 7.36. The smallest absolute Gasteiger partial charge is 0.139 e. The van der Waals surface area contributed by atoms with Crippen LogP contribution in [0, 0.1) is 0 Å². The van der Waals surface area contributed by atoms with E-state index < -0.39 is 0 Å². The van der Waals surface area contributed by atoms with Gasteiger partial charge in [-0.05, 0) is 0 Å². The number of aromatic nitrogens is 2. The minimum atomic E-state index is 1.17. The van der Waals surface area contributed by atoms with E-state index in [0.29, 0.717) is 0 Å². The maximum Gasteiger partial charge on any atom is 0.139 e. The van der Waals surface area contributed by atoms with Crippen molar-refractivity contribution in [3.8, 4) is 0 Å². The Morgan fingerprint density at radius 2 is 1.87 bits per heavy atom. The molecule has 0 atom stereocenters. The topological polar surface area (TPSA) is 8.81 Å². The summed E-state index contributed by atoms with van der Waals surface area (Å²) in [7, 11) is 4.49. The second-order valence-corrected chi connectivity index (χ2v) is 3.96.